The van der Waals surface area contributed by atoms with Gasteiger partial charge in [0, 0.05) is 19.3 Å². The minimum atomic E-state index is -3.18. The van der Waals surface area contributed by atoms with E-state index < -0.39 is 9.84 Å². The Morgan fingerprint density at radius 1 is 1.19 bits per heavy atom. The Bertz CT molecular complexity index is 742. The Labute approximate surface area is 181 Å². The van der Waals surface area contributed by atoms with Crippen molar-refractivity contribution in [1.82, 2.24) is 10.6 Å². The fourth-order valence-electron chi connectivity index (χ4n) is 3.79. The number of hydrogen-bond donors (Lipinski definition) is 2. The second kappa shape index (κ2) is 10.6. The van der Waals surface area contributed by atoms with Gasteiger partial charge in [0.25, 0.3) is 0 Å². The highest BCUT2D eigenvalue weighted by molar-refractivity contribution is 14.0. The summed E-state index contributed by atoms with van der Waals surface area (Å²) in [5, 5.41) is 6.83. The molecule has 0 bridgehead atoms. The zero-order valence-corrected chi connectivity index (χ0v) is 20.1. The molecule has 7 heteroatoms. The highest BCUT2D eigenvalue weighted by atomic mass is 127. The van der Waals surface area contributed by atoms with E-state index in [0.717, 1.165) is 30.2 Å². The van der Waals surface area contributed by atoms with Crippen molar-refractivity contribution in [2.75, 3.05) is 19.3 Å². The summed E-state index contributed by atoms with van der Waals surface area (Å²) >= 11 is 0. The van der Waals surface area contributed by atoms with Gasteiger partial charge in [0.2, 0.25) is 0 Å². The van der Waals surface area contributed by atoms with Gasteiger partial charge < -0.3 is 10.6 Å². The van der Waals surface area contributed by atoms with Gasteiger partial charge in [0.1, 0.15) is 0 Å². The number of hydrogen-bond acceptors (Lipinski definition) is 3. The summed E-state index contributed by atoms with van der Waals surface area (Å²) in [6.07, 6.45) is 7.69. The second-order valence-electron chi connectivity index (χ2n) is 7.48. The van der Waals surface area contributed by atoms with Gasteiger partial charge in [-0.25, -0.2) is 13.4 Å². The summed E-state index contributed by atoms with van der Waals surface area (Å²) in [7, 11) is -3.18. The molecule has 1 aliphatic carbocycles. The Hall–Kier alpha value is -0.830. The van der Waals surface area contributed by atoms with E-state index in [0.29, 0.717) is 16.9 Å². The van der Waals surface area contributed by atoms with Crippen LogP contribution in [-0.4, -0.2) is 33.7 Å². The van der Waals surface area contributed by atoms with Crippen LogP contribution in [0.1, 0.15) is 57.1 Å². The smallest absolute Gasteiger partial charge is 0.191 e. The lowest BCUT2D eigenvalue weighted by Crippen LogP contribution is -2.42. The SMILES string of the molecule is CCNC(=NCc1ccc(S(C)(=O)=O)c(C)c1)NCC1(CC)CCCC1.I. The van der Waals surface area contributed by atoms with Crippen LogP contribution < -0.4 is 10.6 Å². The van der Waals surface area contributed by atoms with Gasteiger partial charge in [0.05, 0.1) is 11.4 Å². The number of aryl methyl sites for hydroxylation is 1. The maximum Gasteiger partial charge on any atom is 0.191 e. The number of benzene rings is 1. The van der Waals surface area contributed by atoms with Crippen molar-refractivity contribution in [3.63, 3.8) is 0 Å². The molecule has 0 radical (unpaired) electrons. The molecular weight excluding hydrogens is 473 g/mol. The zero-order chi connectivity index (χ0) is 19.2. The van der Waals surface area contributed by atoms with Crippen molar-refractivity contribution >= 4 is 39.8 Å². The lowest BCUT2D eigenvalue weighted by Gasteiger charge is -2.28. The Morgan fingerprint density at radius 2 is 1.85 bits per heavy atom. The van der Waals surface area contributed by atoms with Gasteiger partial charge in [-0.3, -0.25) is 0 Å². The van der Waals surface area contributed by atoms with Crippen molar-refractivity contribution in [3.05, 3.63) is 29.3 Å². The summed E-state index contributed by atoms with van der Waals surface area (Å²) in [4.78, 5) is 5.08. The Kier molecular flexibility index (Phi) is 9.54. The largest absolute Gasteiger partial charge is 0.357 e. The number of aliphatic imine (C=N–C) groups is 1. The van der Waals surface area contributed by atoms with E-state index in [-0.39, 0.29) is 24.0 Å². The fraction of sp³-hybridized carbons (Fsp3) is 0.650. The van der Waals surface area contributed by atoms with Gasteiger partial charge in [-0.1, -0.05) is 31.9 Å². The molecule has 0 amide bonds. The Morgan fingerprint density at radius 3 is 2.37 bits per heavy atom. The van der Waals surface area contributed by atoms with E-state index in [1.807, 2.05) is 19.1 Å². The van der Waals surface area contributed by atoms with Crippen LogP contribution in [0.5, 0.6) is 0 Å². The van der Waals surface area contributed by atoms with Crippen LogP contribution in [0.3, 0.4) is 0 Å². The van der Waals surface area contributed by atoms with E-state index in [2.05, 4.69) is 29.5 Å². The topological polar surface area (TPSA) is 70.6 Å². The minimum Gasteiger partial charge on any atom is -0.357 e. The molecule has 1 aromatic rings. The third kappa shape index (κ3) is 6.93. The monoisotopic (exact) mass is 507 g/mol. The van der Waals surface area contributed by atoms with Crippen LogP contribution in [0.15, 0.2) is 28.1 Å². The van der Waals surface area contributed by atoms with Crippen molar-refractivity contribution in [1.29, 1.82) is 0 Å². The van der Waals surface area contributed by atoms with Gasteiger partial charge in [-0.05, 0) is 55.7 Å². The average Bonchev–Trinajstić information content (AvgIpc) is 3.06. The molecule has 1 aromatic carbocycles. The number of nitrogens with one attached hydrogen (secondary N) is 2. The maximum absolute atomic E-state index is 11.7. The molecule has 1 fully saturated rings. The predicted molar refractivity (Wildman–Crippen MR) is 124 cm³/mol. The first-order valence-corrected chi connectivity index (χ1v) is 11.5. The molecule has 1 saturated carbocycles. The molecule has 2 N–H and O–H groups in total. The quantitative estimate of drug-likeness (QED) is 0.332. The lowest BCUT2D eigenvalue weighted by atomic mass is 9.83. The van der Waals surface area contributed by atoms with Gasteiger partial charge in [-0.2, -0.15) is 0 Å². The first kappa shape index (κ1) is 24.2. The number of sulfone groups is 1. The summed E-state index contributed by atoms with van der Waals surface area (Å²) < 4.78 is 23.5. The first-order chi connectivity index (χ1) is 12.3. The van der Waals surface area contributed by atoms with Crippen LogP contribution in [0.25, 0.3) is 0 Å². The van der Waals surface area contributed by atoms with Gasteiger partial charge in [-0.15, -0.1) is 24.0 Å². The molecule has 2 rings (SSSR count). The number of rotatable bonds is 7. The summed E-state index contributed by atoms with van der Waals surface area (Å²) in [6, 6.07) is 5.44. The molecule has 0 aromatic heterocycles. The van der Waals surface area contributed by atoms with Crippen LogP contribution in [0.2, 0.25) is 0 Å². The molecule has 0 aliphatic heterocycles. The predicted octanol–water partition coefficient (Wildman–Crippen LogP) is 4.04. The fourth-order valence-corrected chi connectivity index (χ4v) is 4.75. The number of nitrogens with zero attached hydrogens (tertiary/aromatic N) is 1. The van der Waals surface area contributed by atoms with Gasteiger partial charge >= 0.3 is 0 Å². The highest BCUT2D eigenvalue weighted by Gasteiger charge is 2.31. The summed E-state index contributed by atoms with van der Waals surface area (Å²) in [5.41, 5.74) is 2.19. The van der Waals surface area contributed by atoms with Crippen LogP contribution in [0.4, 0.5) is 0 Å². The molecule has 0 spiro atoms. The molecule has 27 heavy (non-hydrogen) atoms. The van der Waals surface area contributed by atoms with E-state index in [4.69, 9.17) is 0 Å². The van der Waals surface area contributed by atoms with E-state index in [1.165, 1.54) is 38.4 Å². The van der Waals surface area contributed by atoms with Gasteiger partial charge in [0.15, 0.2) is 15.8 Å². The van der Waals surface area contributed by atoms with Crippen LogP contribution >= 0.6 is 24.0 Å². The normalized spacial score (nSPS) is 16.7. The molecule has 0 atom stereocenters. The average molecular weight is 507 g/mol. The zero-order valence-electron chi connectivity index (χ0n) is 17.0. The molecular formula is C20H34IN3O2S. The third-order valence-electron chi connectivity index (χ3n) is 5.45. The maximum atomic E-state index is 11.7. The molecule has 0 saturated heterocycles. The molecule has 154 valence electrons. The number of guanidine groups is 1. The van der Waals surface area contributed by atoms with Crippen molar-refractivity contribution in [2.24, 2.45) is 10.4 Å². The van der Waals surface area contributed by atoms with Crippen LogP contribution in [0, 0.1) is 12.3 Å². The standard InChI is InChI=1S/C20H33N3O2S.HI/c1-5-20(11-7-8-12-20)15-23-19(21-6-2)22-14-17-9-10-18(16(3)13-17)26(4,24)25;/h9-10,13H,5-8,11-12,14-15H2,1-4H3,(H2,21,22,23);1H. The number of halogens is 1. The van der Waals surface area contributed by atoms with Crippen molar-refractivity contribution in [2.45, 2.75) is 64.3 Å². The molecule has 1 aliphatic rings. The molecule has 0 heterocycles. The summed E-state index contributed by atoms with van der Waals surface area (Å²) in [6.45, 7) is 8.48. The van der Waals surface area contributed by atoms with E-state index in [9.17, 15) is 8.42 Å². The van der Waals surface area contributed by atoms with Crippen molar-refractivity contribution < 1.29 is 8.42 Å². The van der Waals surface area contributed by atoms with Crippen LogP contribution in [-0.2, 0) is 16.4 Å². The first-order valence-electron chi connectivity index (χ1n) is 9.61. The third-order valence-corrected chi connectivity index (χ3v) is 6.70. The van der Waals surface area contributed by atoms with Crippen molar-refractivity contribution in [3.8, 4) is 0 Å². The lowest BCUT2D eigenvalue weighted by molar-refractivity contribution is 0.283. The summed E-state index contributed by atoms with van der Waals surface area (Å²) in [5.74, 6) is 0.831. The second-order valence-corrected chi connectivity index (χ2v) is 9.47. The molecule has 0 unspecified atom stereocenters. The van der Waals surface area contributed by atoms with E-state index >= 15 is 0 Å². The molecule has 5 nitrogen and oxygen atoms in total. The highest BCUT2D eigenvalue weighted by Crippen LogP contribution is 2.40. The van der Waals surface area contributed by atoms with E-state index in [1.54, 1.807) is 6.07 Å². The minimum absolute atomic E-state index is 0. The Balaban J connectivity index is 0.00000364.